The first-order valence-electron chi connectivity index (χ1n) is 6.36. The van der Waals surface area contributed by atoms with Crippen molar-refractivity contribution in [2.75, 3.05) is 11.9 Å². The Morgan fingerprint density at radius 3 is 2.45 bits per heavy atom. The molecule has 0 aliphatic heterocycles. The van der Waals surface area contributed by atoms with Gasteiger partial charge in [-0.25, -0.2) is 4.98 Å². The average molecular weight is 319 g/mol. The van der Waals surface area contributed by atoms with Gasteiger partial charge >= 0.3 is 5.97 Å². The van der Waals surface area contributed by atoms with E-state index in [0.29, 0.717) is 16.9 Å². The van der Waals surface area contributed by atoms with E-state index < -0.39 is 5.97 Å². The number of nitrogens with zero attached hydrogens (tertiary/aromatic N) is 1. The van der Waals surface area contributed by atoms with Crippen LogP contribution in [0.15, 0.2) is 35.2 Å². The molecular weight excluding hydrogens is 306 g/mol. The van der Waals surface area contributed by atoms with E-state index in [9.17, 15) is 14.4 Å². The van der Waals surface area contributed by atoms with Crippen molar-refractivity contribution in [2.45, 2.75) is 6.42 Å². The van der Waals surface area contributed by atoms with Gasteiger partial charge in [0, 0.05) is 23.2 Å². The highest BCUT2D eigenvalue weighted by Gasteiger charge is 2.09. The molecule has 1 aromatic heterocycles. The maximum absolute atomic E-state index is 11.8. The van der Waals surface area contributed by atoms with Gasteiger partial charge in [0.15, 0.2) is 0 Å². The second-order valence-corrected chi connectivity index (χ2v) is 5.02. The summed E-state index contributed by atoms with van der Waals surface area (Å²) >= 11 is 1.33. The number of rotatable bonds is 6. The summed E-state index contributed by atoms with van der Waals surface area (Å²) < 4.78 is 0. The third kappa shape index (κ3) is 4.38. The number of carbonyl (C=O) groups excluding carboxylic acids is 2. The van der Waals surface area contributed by atoms with Crippen molar-refractivity contribution in [2.24, 2.45) is 0 Å². The molecule has 7 nitrogen and oxygen atoms in total. The Bertz CT molecular complexity index is 668. The van der Waals surface area contributed by atoms with E-state index in [1.807, 2.05) is 0 Å². The molecule has 0 aliphatic carbocycles. The molecule has 8 heteroatoms. The van der Waals surface area contributed by atoms with Crippen LogP contribution in [0, 0.1) is 0 Å². The first kappa shape index (κ1) is 15.6. The van der Waals surface area contributed by atoms with Gasteiger partial charge in [-0.2, -0.15) is 0 Å². The number of hydrogen-bond donors (Lipinski definition) is 3. The number of nitrogens with one attached hydrogen (secondary N) is 2. The number of carboxylic acids is 1. The van der Waals surface area contributed by atoms with E-state index in [1.54, 1.807) is 35.2 Å². The minimum atomic E-state index is -0.972. The summed E-state index contributed by atoms with van der Waals surface area (Å²) in [5.74, 6) is -1.65. The Hall–Kier alpha value is -2.74. The topological polar surface area (TPSA) is 108 Å². The summed E-state index contributed by atoms with van der Waals surface area (Å²) in [5.41, 5.74) is 2.83. The van der Waals surface area contributed by atoms with Gasteiger partial charge in [-0.15, -0.1) is 11.3 Å². The van der Waals surface area contributed by atoms with Gasteiger partial charge in [0.05, 0.1) is 11.9 Å². The predicted molar refractivity (Wildman–Crippen MR) is 81.1 cm³/mol. The maximum Gasteiger partial charge on any atom is 0.305 e. The zero-order chi connectivity index (χ0) is 15.9. The van der Waals surface area contributed by atoms with Crippen LogP contribution in [0.3, 0.4) is 0 Å². The van der Waals surface area contributed by atoms with Crippen LogP contribution in [-0.2, 0) is 4.79 Å². The first-order valence-corrected chi connectivity index (χ1v) is 7.30. The lowest BCUT2D eigenvalue weighted by Crippen LogP contribution is -2.25. The first-order chi connectivity index (χ1) is 10.6. The molecule has 1 aromatic carbocycles. The summed E-state index contributed by atoms with van der Waals surface area (Å²) in [6.07, 6.45) is -0.131. The Morgan fingerprint density at radius 2 is 1.86 bits per heavy atom. The molecule has 2 aromatic rings. The van der Waals surface area contributed by atoms with Gasteiger partial charge in [-0.1, -0.05) is 0 Å². The van der Waals surface area contributed by atoms with Gasteiger partial charge < -0.3 is 15.7 Å². The Morgan fingerprint density at radius 1 is 1.14 bits per heavy atom. The standard InChI is InChI=1S/C14H13N3O4S/c18-12(19)5-6-15-13(20)9-1-3-10(4-2-9)17-14(21)11-7-22-8-16-11/h1-4,7-8H,5-6H2,(H,15,20)(H,17,21)(H,18,19). The molecule has 114 valence electrons. The molecule has 3 N–H and O–H groups in total. The van der Waals surface area contributed by atoms with Crippen molar-refractivity contribution in [1.29, 1.82) is 0 Å². The molecule has 0 aliphatic rings. The lowest BCUT2D eigenvalue weighted by molar-refractivity contribution is -0.136. The Labute approximate surface area is 130 Å². The molecule has 0 spiro atoms. The van der Waals surface area contributed by atoms with E-state index in [-0.39, 0.29) is 24.8 Å². The molecule has 22 heavy (non-hydrogen) atoms. The fourth-order valence-electron chi connectivity index (χ4n) is 1.61. The van der Waals surface area contributed by atoms with Gasteiger partial charge in [0.25, 0.3) is 11.8 Å². The van der Waals surface area contributed by atoms with E-state index in [1.165, 1.54) is 11.3 Å². The van der Waals surface area contributed by atoms with Crippen LogP contribution in [0.4, 0.5) is 5.69 Å². The molecule has 1 heterocycles. The Kier molecular flexibility index (Phi) is 5.21. The van der Waals surface area contributed by atoms with Crippen LogP contribution in [0.5, 0.6) is 0 Å². The number of anilines is 1. The van der Waals surface area contributed by atoms with E-state index in [0.717, 1.165) is 0 Å². The largest absolute Gasteiger partial charge is 0.481 e. The maximum atomic E-state index is 11.8. The number of aromatic nitrogens is 1. The average Bonchev–Trinajstić information content (AvgIpc) is 3.02. The van der Waals surface area contributed by atoms with Crippen LogP contribution in [-0.4, -0.2) is 34.4 Å². The molecule has 0 bridgehead atoms. The number of hydrogen-bond acceptors (Lipinski definition) is 5. The molecule has 0 fully saturated rings. The van der Waals surface area contributed by atoms with Crippen molar-refractivity contribution < 1.29 is 19.5 Å². The van der Waals surface area contributed by atoms with Crippen molar-refractivity contribution in [3.63, 3.8) is 0 Å². The number of thiazole rings is 1. The predicted octanol–water partition coefficient (Wildman–Crippen LogP) is 1.60. The quantitative estimate of drug-likeness (QED) is 0.749. The summed E-state index contributed by atoms with van der Waals surface area (Å²) in [4.78, 5) is 37.8. The highest BCUT2D eigenvalue weighted by Crippen LogP contribution is 2.11. The SMILES string of the molecule is O=C(O)CCNC(=O)c1ccc(NC(=O)c2cscn2)cc1. The number of benzene rings is 1. The third-order valence-electron chi connectivity index (χ3n) is 2.69. The van der Waals surface area contributed by atoms with E-state index in [4.69, 9.17) is 5.11 Å². The second-order valence-electron chi connectivity index (χ2n) is 4.30. The Balaban J connectivity index is 1.91. The second kappa shape index (κ2) is 7.32. The van der Waals surface area contributed by atoms with Crippen LogP contribution in [0.25, 0.3) is 0 Å². The van der Waals surface area contributed by atoms with Gasteiger partial charge in [0.2, 0.25) is 0 Å². The zero-order valence-electron chi connectivity index (χ0n) is 11.4. The van der Waals surface area contributed by atoms with Crippen molar-refractivity contribution in [3.8, 4) is 0 Å². The monoisotopic (exact) mass is 319 g/mol. The van der Waals surface area contributed by atoms with Crippen LogP contribution in [0.2, 0.25) is 0 Å². The van der Waals surface area contributed by atoms with Crippen molar-refractivity contribution in [3.05, 3.63) is 46.4 Å². The third-order valence-corrected chi connectivity index (χ3v) is 3.28. The smallest absolute Gasteiger partial charge is 0.305 e. The summed E-state index contributed by atoms with van der Waals surface area (Å²) in [6, 6.07) is 6.28. The summed E-state index contributed by atoms with van der Waals surface area (Å²) in [7, 11) is 0. The van der Waals surface area contributed by atoms with Crippen LogP contribution < -0.4 is 10.6 Å². The highest BCUT2D eigenvalue weighted by atomic mass is 32.1. The minimum Gasteiger partial charge on any atom is -0.481 e. The minimum absolute atomic E-state index is 0.0660. The van der Waals surface area contributed by atoms with E-state index in [2.05, 4.69) is 15.6 Å². The fraction of sp³-hybridized carbons (Fsp3) is 0.143. The lowest BCUT2D eigenvalue weighted by atomic mass is 10.2. The van der Waals surface area contributed by atoms with Gasteiger partial charge in [0.1, 0.15) is 5.69 Å². The van der Waals surface area contributed by atoms with Crippen LogP contribution >= 0.6 is 11.3 Å². The zero-order valence-corrected chi connectivity index (χ0v) is 12.2. The number of carboxylic acid groups (broad SMARTS) is 1. The van der Waals surface area contributed by atoms with Crippen molar-refractivity contribution in [1.82, 2.24) is 10.3 Å². The number of aliphatic carboxylic acids is 1. The normalized spacial score (nSPS) is 10.0. The number of amides is 2. The highest BCUT2D eigenvalue weighted by molar-refractivity contribution is 7.07. The van der Waals surface area contributed by atoms with Crippen LogP contribution in [0.1, 0.15) is 27.3 Å². The molecule has 0 atom stereocenters. The van der Waals surface area contributed by atoms with Crippen molar-refractivity contribution >= 4 is 34.8 Å². The van der Waals surface area contributed by atoms with Gasteiger partial charge in [-0.3, -0.25) is 14.4 Å². The fourth-order valence-corrected chi connectivity index (χ4v) is 2.14. The lowest BCUT2D eigenvalue weighted by Gasteiger charge is -2.06. The molecule has 0 saturated heterocycles. The molecular formula is C14H13N3O4S. The molecule has 2 amide bonds. The summed E-state index contributed by atoms with van der Waals surface area (Å²) in [5, 5.41) is 15.3. The van der Waals surface area contributed by atoms with Gasteiger partial charge in [-0.05, 0) is 24.3 Å². The number of carbonyl (C=O) groups is 3. The van der Waals surface area contributed by atoms with E-state index >= 15 is 0 Å². The molecule has 0 unspecified atom stereocenters. The molecule has 0 radical (unpaired) electrons. The molecule has 2 rings (SSSR count). The summed E-state index contributed by atoms with van der Waals surface area (Å²) in [6.45, 7) is 0.0660. The molecule has 0 saturated carbocycles.